The first-order chi connectivity index (χ1) is 15.0. The number of oxime groups is 1. The van der Waals surface area contributed by atoms with Gasteiger partial charge in [0.2, 0.25) is 0 Å². The third-order valence-electron chi connectivity index (χ3n) is 5.93. The van der Waals surface area contributed by atoms with E-state index >= 15 is 0 Å². The SMILES string of the molecule is CCC(O)(/C=C/[C@H]1/C(=N\O)CC[C@@H]1C/C=C\CCCC(=O)O)CCOc1ccccc1. The van der Waals surface area contributed by atoms with Crippen molar-refractivity contribution in [3.63, 3.8) is 0 Å². The lowest BCUT2D eigenvalue weighted by atomic mass is 9.88. The zero-order chi connectivity index (χ0) is 22.5. The van der Waals surface area contributed by atoms with Crippen molar-refractivity contribution in [2.24, 2.45) is 17.0 Å². The van der Waals surface area contributed by atoms with Gasteiger partial charge in [-0.3, -0.25) is 4.79 Å². The summed E-state index contributed by atoms with van der Waals surface area (Å²) in [6, 6.07) is 9.55. The van der Waals surface area contributed by atoms with Gasteiger partial charge >= 0.3 is 5.97 Å². The Balaban J connectivity index is 1.91. The largest absolute Gasteiger partial charge is 0.493 e. The number of carbonyl (C=O) groups is 1. The summed E-state index contributed by atoms with van der Waals surface area (Å²) in [4.78, 5) is 10.6. The van der Waals surface area contributed by atoms with Crippen LogP contribution in [0.2, 0.25) is 0 Å². The van der Waals surface area contributed by atoms with Gasteiger partial charge in [-0.2, -0.15) is 0 Å². The summed E-state index contributed by atoms with van der Waals surface area (Å²) in [5.74, 6) is 0.308. The van der Waals surface area contributed by atoms with E-state index in [9.17, 15) is 15.1 Å². The van der Waals surface area contributed by atoms with E-state index in [1.807, 2.05) is 55.5 Å². The number of hydrogen-bond acceptors (Lipinski definition) is 5. The van der Waals surface area contributed by atoms with Gasteiger partial charge in [0.15, 0.2) is 0 Å². The quantitative estimate of drug-likeness (QED) is 0.173. The molecule has 0 spiro atoms. The van der Waals surface area contributed by atoms with Gasteiger partial charge in [-0.15, -0.1) is 0 Å². The van der Waals surface area contributed by atoms with E-state index in [1.165, 1.54) is 0 Å². The number of ether oxygens (including phenoxy) is 1. The fraction of sp³-hybridized carbons (Fsp3) is 0.520. The van der Waals surface area contributed by atoms with Crippen molar-refractivity contribution in [3.8, 4) is 5.75 Å². The molecule has 0 heterocycles. The molecular formula is C25H35NO5. The van der Waals surface area contributed by atoms with Crippen LogP contribution in [0.15, 0.2) is 59.8 Å². The highest BCUT2D eigenvalue weighted by Gasteiger charge is 2.32. The zero-order valence-electron chi connectivity index (χ0n) is 18.3. The molecule has 0 saturated heterocycles. The minimum atomic E-state index is -0.977. The molecule has 1 aromatic rings. The van der Waals surface area contributed by atoms with E-state index in [-0.39, 0.29) is 12.3 Å². The number of carboxylic acids is 1. The highest BCUT2D eigenvalue weighted by atomic mass is 16.5. The zero-order valence-corrected chi connectivity index (χ0v) is 18.3. The molecule has 2 rings (SSSR count). The van der Waals surface area contributed by atoms with E-state index in [0.29, 0.717) is 31.8 Å². The maximum Gasteiger partial charge on any atom is 0.303 e. The molecule has 1 unspecified atom stereocenters. The van der Waals surface area contributed by atoms with Crippen LogP contribution in [0.5, 0.6) is 5.75 Å². The molecule has 3 N–H and O–H groups in total. The van der Waals surface area contributed by atoms with Crippen LogP contribution in [0.25, 0.3) is 0 Å². The number of benzene rings is 1. The Kier molecular flexibility index (Phi) is 10.3. The Labute approximate surface area is 184 Å². The van der Waals surface area contributed by atoms with Gasteiger partial charge in [-0.1, -0.05) is 54.6 Å². The Morgan fingerprint density at radius 2 is 2.06 bits per heavy atom. The maximum atomic E-state index is 11.0. The summed E-state index contributed by atoms with van der Waals surface area (Å²) < 4.78 is 5.74. The van der Waals surface area contributed by atoms with Crippen LogP contribution in [0.4, 0.5) is 0 Å². The molecule has 0 amide bonds. The Bertz CT molecular complexity index is 758. The first kappa shape index (κ1) is 24.7. The molecule has 1 aromatic carbocycles. The summed E-state index contributed by atoms with van der Waals surface area (Å²) >= 11 is 0. The van der Waals surface area contributed by atoms with E-state index in [2.05, 4.69) is 11.2 Å². The number of rotatable bonds is 13. The summed E-state index contributed by atoms with van der Waals surface area (Å²) in [6.45, 7) is 2.35. The van der Waals surface area contributed by atoms with Crippen molar-refractivity contribution in [1.29, 1.82) is 0 Å². The van der Waals surface area contributed by atoms with Crippen molar-refractivity contribution in [2.45, 2.75) is 63.9 Å². The number of para-hydroxylation sites is 1. The molecule has 170 valence electrons. The third-order valence-corrected chi connectivity index (χ3v) is 5.93. The lowest BCUT2D eigenvalue weighted by Crippen LogP contribution is -2.28. The van der Waals surface area contributed by atoms with E-state index in [0.717, 1.165) is 37.1 Å². The van der Waals surface area contributed by atoms with Gasteiger partial charge in [0.25, 0.3) is 0 Å². The second kappa shape index (κ2) is 13.0. The van der Waals surface area contributed by atoms with Gasteiger partial charge in [0.1, 0.15) is 5.75 Å². The number of carboxylic acid groups (broad SMARTS) is 1. The van der Waals surface area contributed by atoms with Crippen molar-refractivity contribution in [3.05, 3.63) is 54.6 Å². The minimum absolute atomic E-state index is 0.0122. The van der Waals surface area contributed by atoms with Gasteiger partial charge in [-0.05, 0) is 56.6 Å². The summed E-state index contributed by atoms with van der Waals surface area (Å²) in [6.07, 6.45) is 13.1. The average molecular weight is 430 g/mol. The van der Waals surface area contributed by atoms with E-state index in [1.54, 1.807) is 0 Å². The monoisotopic (exact) mass is 429 g/mol. The fourth-order valence-electron chi connectivity index (χ4n) is 3.88. The topological polar surface area (TPSA) is 99.4 Å². The molecule has 0 bridgehead atoms. The van der Waals surface area contributed by atoms with Crippen LogP contribution in [0.3, 0.4) is 0 Å². The molecule has 1 fully saturated rings. The van der Waals surface area contributed by atoms with Crippen molar-refractivity contribution >= 4 is 11.7 Å². The lowest BCUT2D eigenvalue weighted by Gasteiger charge is -2.24. The number of aliphatic carboxylic acids is 1. The maximum absolute atomic E-state index is 11.0. The van der Waals surface area contributed by atoms with Crippen LogP contribution < -0.4 is 4.74 Å². The minimum Gasteiger partial charge on any atom is -0.493 e. The van der Waals surface area contributed by atoms with Crippen molar-refractivity contribution in [1.82, 2.24) is 0 Å². The highest BCUT2D eigenvalue weighted by Crippen LogP contribution is 2.34. The Morgan fingerprint density at radius 1 is 1.29 bits per heavy atom. The molecule has 1 saturated carbocycles. The average Bonchev–Trinajstić information content (AvgIpc) is 3.17. The lowest BCUT2D eigenvalue weighted by molar-refractivity contribution is -0.137. The second-order valence-corrected chi connectivity index (χ2v) is 8.14. The van der Waals surface area contributed by atoms with Crippen molar-refractivity contribution in [2.75, 3.05) is 6.61 Å². The molecule has 0 aromatic heterocycles. The molecule has 3 atom stereocenters. The second-order valence-electron chi connectivity index (χ2n) is 8.14. The molecule has 6 heteroatoms. The van der Waals surface area contributed by atoms with Crippen LogP contribution in [0, 0.1) is 11.8 Å². The Morgan fingerprint density at radius 3 is 2.74 bits per heavy atom. The number of nitrogens with zero attached hydrogens (tertiary/aromatic N) is 1. The first-order valence-electron chi connectivity index (χ1n) is 11.1. The highest BCUT2D eigenvalue weighted by molar-refractivity contribution is 5.90. The molecule has 1 aliphatic carbocycles. The summed E-state index contributed by atoms with van der Waals surface area (Å²) in [7, 11) is 0. The van der Waals surface area contributed by atoms with Gasteiger partial charge in [0.05, 0.1) is 17.9 Å². The molecule has 0 aliphatic heterocycles. The fourth-order valence-corrected chi connectivity index (χ4v) is 3.88. The molecule has 31 heavy (non-hydrogen) atoms. The van der Waals surface area contributed by atoms with Gasteiger partial charge in [0, 0.05) is 18.8 Å². The van der Waals surface area contributed by atoms with Crippen LogP contribution in [0.1, 0.15) is 58.3 Å². The molecular weight excluding hydrogens is 394 g/mol. The molecule has 0 radical (unpaired) electrons. The summed E-state index contributed by atoms with van der Waals surface area (Å²) in [5, 5.41) is 32.6. The van der Waals surface area contributed by atoms with E-state index < -0.39 is 11.6 Å². The molecule has 1 aliphatic rings. The predicted octanol–water partition coefficient (Wildman–Crippen LogP) is 5.21. The summed E-state index contributed by atoms with van der Waals surface area (Å²) in [5.41, 5.74) is -0.227. The number of hydrogen-bond donors (Lipinski definition) is 3. The standard InChI is InChI=1S/C25H35NO5/c1-2-25(29,18-19-31-21-11-7-5-8-12-21)17-16-22-20(14-15-23(22)26-30)10-6-3-4-9-13-24(27)28/h3,5-8,11-12,16-17,20,22,29-30H,2,4,9-10,13-15,18-19H2,1H3,(H,27,28)/b6-3-,17-16+,26-23-/t20-,22+,25?/m0/s1. The molecule has 6 nitrogen and oxygen atoms in total. The number of unbranched alkanes of at least 4 members (excludes halogenated alkanes) is 1. The number of aliphatic hydroxyl groups is 1. The number of allylic oxidation sites excluding steroid dienone is 3. The van der Waals surface area contributed by atoms with Crippen LogP contribution in [-0.4, -0.2) is 39.3 Å². The Hall–Kier alpha value is -2.60. The first-order valence-corrected chi connectivity index (χ1v) is 11.1. The van der Waals surface area contributed by atoms with Gasteiger partial charge in [-0.25, -0.2) is 0 Å². The van der Waals surface area contributed by atoms with Gasteiger partial charge < -0.3 is 20.2 Å². The predicted molar refractivity (Wildman–Crippen MR) is 122 cm³/mol. The van der Waals surface area contributed by atoms with Crippen LogP contribution >= 0.6 is 0 Å². The van der Waals surface area contributed by atoms with Crippen LogP contribution in [-0.2, 0) is 4.79 Å². The van der Waals surface area contributed by atoms with E-state index in [4.69, 9.17) is 9.84 Å². The normalized spacial score (nSPS) is 22.3. The smallest absolute Gasteiger partial charge is 0.303 e. The third kappa shape index (κ3) is 8.58. The van der Waals surface area contributed by atoms with Crippen molar-refractivity contribution < 1.29 is 25.0 Å².